The number of aliphatic carboxylic acids is 1. The Bertz CT molecular complexity index is 603. The predicted molar refractivity (Wildman–Crippen MR) is 69.1 cm³/mol. The van der Waals surface area contributed by atoms with Crippen molar-refractivity contribution in [3.63, 3.8) is 0 Å². The number of halogens is 1. The normalized spacial score (nSPS) is 19.2. The molecule has 0 amide bonds. The molecule has 0 saturated carbocycles. The van der Waals surface area contributed by atoms with Crippen molar-refractivity contribution in [3.8, 4) is 0 Å². The highest BCUT2D eigenvalue weighted by Crippen LogP contribution is 2.33. The molecule has 1 unspecified atom stereocenters. The van der Waals surface area contributed by atoms with Gasteiger partial charge in [0, 0.05) is 21.1 Å². The second-order valence-electron chi connectivity index (χ2n) is 4.55. The van der Waals surface area contributed by atoms with Crippen LogP contribution in [0.1, 0.15) is 17.7 Å². The van der Waals surface area contributed by atoms with Crippen molar-refractivity contribution >= 4 is 32.8 Å². The highest BCUT2D eigenvalue weighted by Gasteiger charge is 2.26. The van der Waals surface area contributed by atoms with E-state index in [1.165, 1.54) is 11.3 Å². The van der Waals surface area contributed by atoms with Crippen LogP contribution in [0.5, 0.6) is 0 Å². The van der Waals surface area contributed by atoms with Crippen LogP contribution in [0.2, 0.25) is 0 Å². The summed E-state index contributed by atoms with van der Waals surface area (Å²) in [5.41, 5.74) is 3.49. The smallest absolute Gasteiger partial charge is 0.306 e. The Morgan fingerprint density at radius 3 is 3.06 bits per heavy atom. The van der Waals surface area contributed by atoms with Crippen LogP contribution in [-0.4, -0.2) is 16.1 Å². The van der Waals surface area contributed by atoms with E-state index in [9.17, 15) is 4.79 Å². The minimum atomic E-state index is -0.681. The molecule has 88 valence electrons. The molecule has 17 heavy (non-hydrogen) atoms. The summed E-state index contributed by atoms with van der Waals surface area (Å²) in [6.45, 7) is 0. The molecule has 1 atom stereocenters. The SMILES string of the molecule is O=C(O)C1CCc2[nH]c3ccc(Br)cc3c2C1. The molecule has 0 spiro atoms. The van der Waals surface area contributed by atoms with Crippen molar-refractivity contribution in [2.45, 2.75) is 19.3 Å². The van der Waals surface area contributed by atoms with Gasteiger partial charge >= 0.3 is 5.97 Å². The maximum Gasteiger partial charge on any atom is 0.306 e. The average Bonchev–Trinajstić information content (AvgIpc) is 2.66. The third-order valence-corrected chi connectivity index (χ3v) is 3.99. The number of aromatic amines is 1. The number of aryl methyl sites for hydroxylation is 1. The van der Waals surface area contributed by atoms with Crippen LogP contribution in [0.25, 0.3) is 10.9 Å². The number of rotatable bonds is 1. The number of carbonyl (C=O) groups is 1. The van der Waals surface area contributed by atoms with Gasteiger partial charge in [0.2, 0.25) is 0 Å². The minimum Gasteiger partial charge on any atom is -0.481 e. The van der Waals surface area contributed by atoms with Gasteiger partial charge in [-0.25, -0.2) is 0 Å². The Balaban J connectivity index is 2.13. The standard InChI is InChI=1S/C13H12BrNO2/c14-8-2-4-12-10(6-8)9-5-7(13(16)17)1-3-11(9)15-12/h2,4,6-7,15H,1,3,5H2,(H,16,17). The van der Waals surface area contributed by atoms with E-state index in [4.69, 9.17) is 5.11 Å². The summed E-state index contributed by atoms with van der Waals surface area (Å²) in [4.78, 5) is 14.5. The molecular weight excluding hydrogens is 282 g/mol. The number of nitrogens with one attached hydrogen (secondary N) is 1. The molecule has 1 aromatic carbocycles. The number of aromatic nitrogens is 1. The van der Waals surface area contributed by atoms with Crippen LogP contribution in [0.3, 0.4) is 0 Å². The Morgan fingerprint density at radius 1 is 1.47 bits per heavy atom. The Hall–Kier alpha value is -1.29. The van der Waals surface area contributed by atoms with E-state index in [0.29, 0.717) is 6.42 Å². The van der Waals surface area contributed by atoms with Crippen LogP contribution in [0.4, 0.5) is 0 Å². The minimum absolute atomic E-state index is 0.236. The maximum absolute atomic E-state index is 11.1. The van der Waals surface area contributed by atoms with E-state index in [1.807, 2.05) is 12.1 Å². The first-order valence-electron chi connectivity index (χ1n) is 5.67. The molecule has 0 fully saturated rings. The van der Waals surface area contributed by atoms with E-state index < -0.39 is 5.97 Å². The fourth-order valence-electron chi connectivity index (χ4n) is 2.60. The van der Waals surface area contributed by atoms with Gasteiger partial charge in [-0.05, 0) is 43.0 Å². The summed E-state index contributed by atoms with van der Waals surface area (Å²) < 4.78 is 1.03. The molecule has 2 aromatic rings. The quantitative estimate of drug-likeness (QED) is 0.849. The molecule has 3 rings (SSSR count). The van der Waals surface area contributed by atoms with Gasteiger partial charge in [0.15, 0.2) is 0 Å². The lowest BCUT2D eigenvalue weighted by atomic mass is 9.86. The van der Waals surface area contributed by atoms with Gasteiger partial charge in [-0.15, -0.1) is 0 Å². The van der Waals surface area contributed by atoms with Crippen molar-refractivity contribution in [3.05, 3.63) is 33.9 Å². The lowest BCUT2D eigenvalue weighted by molar-refractivity contribution is -0.142. The van der Waals surface area contributed by atoms with E-state index in [0.717, 1.165) is 28.2 Å². The molecule has 0 saturated heterocycles. The number of hydrogen-bond donors (Lipinski definition) is 2. The summed E-state index contributed by atoms with van der Waals surface area (Å²) in [7, 11) is 0. The van der Waals surface area contributed by atoms with Gasteiger partial charge in [0.25, 0.3) is 0 Å². The number of carboxylic acids is 1. The Morgan fingerprint density at radius 2 is 2.29 bits per heavy atom. The maximum atomic E-state index is 11.1. The molecular formula is C13H12BrNO2. The summed E-state index contributed by atoms with van der Waals surface area (Å²) >= 11 is 3.46. The molecule has 3 nitrogen and oxygen atoms in total. The van der Waals surface area contributed by atoms with Crippen LogP contribution in [0, 0.1) is 5.92 Å². The second kappa shape index (κ2) is 3.88. The fourth-order valence-corrected chi connectivity index (χ4v) is 2.96. The highest BCUT2D eigenvalue weighted by atomic mass is 79.9. The molecule has 1 heterocycles. The molecule has 2 N–H and O–H groups in total. The predicted octanol–water partition coefficient (Wildman–Crippen LogP) is 3.12. The van der Waals surface area contributed by atoms with E-state index >= 15 is 0 Å². The molecule has 1 aliphatic rings. The molecule has 0 aliphatic heterocycles. The Labute approximate surface area is 107 Å². The molecule has 0 bridgehead atoms. The Kier molecular flexibility index (Phi) is 2.47. The molecule has 4 heteroatoms. The number of H-pyrrole nitrogens is 1. The zero-order valence-electron chi connectivity index (χ0n) is 9.16. The van der Waals surface area contributed by atoms with Crippen LogP contribution in [-0.2, 0) is 17.6 Å². The first-order valence-corrected chi connectivity index (χ1v) is 6.46. The summed E-state index contributed by atoms with van der Waals surface area (Å²) in [6.07, 6.45) is 2.20. The number of benzene rings is 1. The van der Waals surface area contributed by atoms with Crippen molar-refractivity contribution in [2.75, 3.05) is 0 Å². The van der Waals surface area contributed by atoms with Crippen molar-refractivity contribution in [1.82, 2.24) is 4.98 Å². The average molecular weight is 294 g/mol. The first kappa shape index (κ1) is 10.8. The third kappa shape index (κ3) is 1.76. The summed E-state index contributed by atoms with van der Waals surface area (Å²) in [5, 5.41) is 10.3. The van der Waals surface area contributed by atoms with Gasteiger partial charge in [-0.1, -0.05) is 15.9 Å². The van der Waals surface area contributed by atoms with E-state index in [2.05, 4.69) is 27.0 Å². The monoisotopic (exact) mass is 293 g/mol. The number of hydrogen-bond acceptors (Lipinski definition) is 1. The van der Waals surface area contributed by atoms with Gasteiger partial charge in [0.05, 0.1) is 5.92 Å². The van der Waals surface area contributed by atoms with Crippen LogP contribution >= 0.6 is 15.9 Å². The van der Waals surface area contributed by atoms with Crippen molar-refractivity contribution in [2.24, 2.45) is 5.92 Å². The highest BCUT2D eigenvalue weighted by molar-refractivity contribution is 9.10. The van der Waals surface area contributed by atoms with Crippen molar-refractivity contribution in [1.29, 1.82) is 0 Å². The lowest BCUT2D eigenvalue weighted by Crippen LogP contribution is -2.21. The van der Waals surface area contributed by atoms with Gasteiger partial charge < -0.3 is 10.1 Å². The molecule has 0 radical (unpaired) electrons. The van der Waals surface area contributed by atoms with Crippen molar-refractivity contribution < 1.29 is 9.90 Å². The topological polar surface area (TPSA) is 53.1 Å². The van der Waals surface area contributed by atoms with Gasteiger partial charge in [0.1, 0.15) is 0 Å². The second-order valence-corrected chi connectivity index (χ2v) is 5.47. The first-order chi connectivity index (χ1) is 8.15. The number of carboxylic acid groups (broad SMARTS) is 1. The van der Waals surface area contributed by atoms with Gasteiger partial charge in [-0.3, -0.25) is 4.79 Å². The van der Waals surface area contributed by atoms with E-state index in [-0.39, 0.29) is 5.92 Å². The summed E-state index contributed by atoms with van der Waals surface area (Å²) in [5.74, 6) is -0.916. The summed E-state index contributed by atoms with van der Waals surface area (Å²) in [6, 6.07) is 6.10. The van der Waals surface area contributed by atoms with Crippen LogP contribution in [0.15, 0.2) is 22.7 Å². The lowest BCUT2D eigenvalue weighted by Gasteiger charge is -2.18. The van der Waals surface area contributed by atoms with Crippen LogP contribution < -0.4 is 0 Å². The largest absolute Gasteiger partial charge is 0.481 e. The third-order valence-electron chi connectivity index (χ3n) is 3.50. The van der Waals surface area contributed by atoms with Gasteiger partial charge in [-0.2, -0.15) is 0 Å². The number of fused-ring (bicyclic) bond motifs is 3. The van der Waals surface area contributed by atoms with E-state index in [1.54, 1.807) is 0 Å². The zero-order chi connectivity index (χ0) is 12.0. The fraction of sp³-hybridized carbons (Fsp3) is 0.308. The zero-order valence-corrected chi connectivity index (χ0v) is 10.8. The molecule has 1 aromatic heterocycles. The molecule has 1 aliphatic carbocycles.